The average molecular weight is 381 g/mol. The van der Waals surface area contributed by atoms with Gasteiger partial charge in [0.05, 0.1) is 17.9 Å². The molecule has 8 nitrogen and oxygen atoms in total. The summed E-state index contributed by atoms with van der Waals surface area (Å²) in [6.45, 7) is 2.19. The number of hydrogen-bond acceptors (Lipinski definition) is 5. The van der Waals surface area contributed by atoms with Crippen LogP contribution in [0.25, 0.3) is 0 Å². The maximum atomic E-state index is 12.6. The first-order valence-electron chi connectivity index (χ1n) is 8.19. The number of nitrogens with zero attached hydrogens (tertiary/aromatic N) is 2. The Morgan fingerprint density at radius 3 is 2.27 bits per heavy atom. The summed E-state index contributed by atoms with van der Waals surface area (Å²) in [4.78, 5) is 39.5. The minimum absolute atomic E-state index is 0.102. The predicted molar refractivity (Wildman–Crippen MR) is 95.1 cm³/mol. The third kappa shape index (κ3) is 4.60. The molecule has 1 aromatic carbocycles. The van der Waals surface area contributed by atoms with Gasteiger partial charge in [-0.05, 0) is 17.7 Å². The highest BCUT2D eigenvalue weighted by Gasteiger charge is 2.35. The molecule has 1 atom stereocenters. The molecule has 1 aliphatic rings. The molecule has 1 heterocycles. The summed E-state index contributed by atoms with van der Waals surface area (Å²) in [6.07, 6.45) is 1.23. The fourth-order valence-electron chi connectivity index (χ4n) is 2.92. The second-order valence-corrected chi connectivity index (χ2v) is 8.29. The predicted octanol–water partition coefficient (Wildman–Crippen LogP) is -0.562. The lowest BCUT2D eigenvalue weighted by Gasteiger charge is -2.40. The number of rotatable bonds is 4. The van der Waals surface area contributed by atoms with Gasteiger partial charge in [0.1, 0.15) is 6.04 Å². The van der Waals surface area contributed by atoms with Gasteiger partial charge in [-0.2, -0.15) is 0 Å². The number of carbonyl (C=O) groups is 3. The highest BCUT2D eigenvalue weighted by Crippen LogP contribution is 2.15. The normalized spacial score (nSPS) is 17.7. The van der Waals surface area contributed by atoms with Crippen molar-refractivity contribution in [1.29, 1.82) is 0 Å². The molecule has 3 amide bonds. The van der Waals surface area contributed by atoms with Gasteiger partial charge in [0.2, 0.25) is 17.7 Å². The Bertz CT molecular complexity index is 804. The molecule has 1 unspecified atom stereocenters. The van der Waals surface area contributed by atoms with Crippen LogP contribution in [-0.4, -0.2) is 74.9 Å². The fourth-order valence-corrected chi connectivity index (χ4v) is 3.55. The standard InChI is InChI=1S/C17H23N3O5S/c1-12(21)20-9-8-19(11-15(20)17(23)18-2)16(22)10-13-4-6-14(7-5-13)26(3,24)25/h4-7,15H,8-11H2,1-3H3,(H,18,23). The van der Waals surface area contributed by atoms with Crippen molar-refractivity contribution in [1.82, 2.24) is 15.1 Å². The van der Waals surface area contributed by atoms with E-state index >= 15 is 0 Å². The van der Waals surface area contributed by atoms with Crippen molar-refractivity contribution >= 4 is 27.6 Å². The number of likely N-dealkylation sites (N-methyl/N-ethyl adjacent to an activating group) is 1. The van der Waals surface area contributed by atoms with Gasteiger partial charge in [0.25, 0.3) is 0 Å². The van der Waals surface area contributed by atoms with E-state index in [1.165, 1.54) is 31.0 Å². The molecule has 0 radical (unpaired) electrons. The molecular weight excluding hydrogens is 358 g/mol. The second-order valence-electron chi connectivity index (χ2n) is 6.28. The van der Waals surface area contributed by atoms with Crippen LogP contribution in [0.15, 0.2) is 29.2 Å². The Labute approximate surface area is 153 Å². The number of nitrogens with one attached hydrogen (secondary N) is 1. The molecule has 0 saturated carbocycles. The Morgan fingerprint density at radius 2 is 1.77 bits per heavy atom. The second kappa shape index (κ2) is 7.86. The van der Waals surface area contributed by atoms with Crippen LogP contribution < -0.4 is 5.32 Å². The molecule has 9 heteroatoms. The van der Waals surface area contributed by atoms with E-state index in [4.69, 9.17) is 0 Å². The zero-order chi connectivity index (χ0) is 19.5. The number of hydrogen-bond donors (Lipinski definition) is 1. The molecule has 0 bridgehead atoms. The molecule has 1 saturated heterocycles. The summed E-state index contributed by atoms with van der Waals surface area (Å²) < 4.78 is 23.0. The van der Waals surface area contributed by atoms with E-state index in [1.807, 2.05) is 0 Å². The van der Waals surface area contributed by atoms with Gasteiger partial charge < -0.3 is 15.1 Å². The van der Waals surface area contributed by atoms with E-state index in [0.29, 0.717) is 18.7 Å². The number of piperazine rings is 1. The molecule has 1 aromatic rings. The topological polar surface area (TPSA) is 104 Å². The molecule has 0 aromatic heterocycles. The molecule has 26 heavy (non-hydrogen) atoms. The average Bonchev–Trinajstić information content (AvgIpc) is 2.60. The third-order valence-corrected chi connectivity index (χ3v) is 5.52. The van der Waals surface area contributed by atoms with Gasteiger partial charge in [0, 0.05) is 33.3 Å². The van der Waals surface area contributed by atoms with Gasteiger partial charge in [-0.1, -0.05) is 12.1 Å². The summed E-state index contributed by atoms with van der Waals surface area (Å²) in [7, 11) is -1.79. The van der Waals surface area contributed by atoms with E-state index in [1.54, 1.807) is 17.0 Å². The molecule has 142 valence electrons. The first-order chi connectivity index (χ1) is 12.1. The maximum absolute atomic E-state index is 12.6. The summed E-state index contributed by atoms with van der Waals surface area (Å²) in [5, 5.41) is 2.52. The van der Waals surface area contributed by atoms with Crippen molar-refractivity contribution in [2.75, 3.05) is 32.9 Å². The van der Waals surface area contributed by atoms with E-state index in [0.717, 1.165) is 6.26 Å². The van der Waals surface area contributed by atoms with Gasteiger partial charge in [-0.3, -0.25) is 14.4 Å². The lowest BCUT2D eigenvalue weighted by Crippen LogP contribution is -2.61. The van der Waals surface area contributed by atoms with Crippen molar-refractivity contribution in [3.63, 3.8) is 0 Å². The van der Waals surface area contributed by atoms with E-state index in [9.17, 15) is 22.8 Å². The van der Waals surface area contributed by atoms with Crippen molar-refractivity contribution in [3.8, 4) is 0 Å². The van der Waals surface area contributed by atoms with Crippen molar-refractivity contribution in [3.05, 3.63) is 29.8 Å². The minimum Gasteiger partial charge on any atom is -0.357 e. The SMILES string of the molecule is CNC(=O)C1CN(C(=O)Cc2ccc(S(C)(=O)=O)cc2)CCN1C(C)=O. The van der Waals surface area contributed by atoms with Crippen LogP contribution in [0.5, 0.6) is 0 Å². The van der Waals surface area contributed by atoms with Gasteiger partial charge in [0.15, 0.2) is 9.84 Å². The first kappa shape index (κ1) is 19.9. The lowest BCUT2D eigenvalue weighted by atomic mass is 10.1. The van der Waals surface area contributed by atoms with Gasteiger partial charge in [-0.25, -0.2) is 8.42 Å². The third-order valence-electron chi connectivity index (χ3n) is 4.39. The van der Waals surface area contributed by atoms with Crippen LogP contribution in [0.1, 0.15) is 12.5 Å². The van der Waals surface area contributed by atoms with E-state index in [2.05, 4.69) is 5.32 Å². The maximum Gasteiger partial charge on any atom is 0.244 e. The van der Waals surface area contributed by atoms with E-state index < -0.39 is 15.9 Å². The van der Waals surface area contributed by atoms with E-state index in [-0.39, 0.29) is 35.6 Å². The van der Waals surface area contributed by atoms with Gasteiger partial charge >= 0.3 is 0 Å². The summed E-state index contributed by atoms with van der Waals surface area (Å²) in [5.41, 5.74) is 0.688. The Balaban J connectivity index is 2.07. The van der Waals surface area contributed by atoms with Crippen LogP contribution in [0.2, 0.25) is 0 Å². The van der Waals surface area contributed by atoms with Crippen molar-refractivity contribution in [2.45, 2.75) is 24.3 Å². The minimum atomic E-state index is -3.28. The van der Waals surface area contributed by atoms with Crippen LogP contribution in [0.4, 0.5) is 0 Å². The summed E-state index contributed by atoms with van der Waals surface area (Å²) >= 11 is 0. The Morgan fingerprint density at radius 1 is 1.15 bits per heavy atom. The van der Waals surface area contributed by atoms with Crippen molar-refractivity contribution in [2.24, 2.45) is 0 Å². The lowest BCUT2D eigenvalue weighted by molar-refractivity contribution is -0.146. The number of amides is 3. The molecule has 1 fully saturated rings. The monoisotopic (exact) mass is 381 g/mol. The summed E-state index contributed by atoms with van der Waals surface area (Å²) in [5.74, 6) is -0.688. The number of carbonyl (C=O) groups excluding carboxylic acids is 3. The smallest absolute Gasteiger partial charge is 0.244 e. The largest absolute Gasteiger partial charge is 0.357 e. The highest BCUT2D eigenvalue weighted by atomic mass is 32.2. The number of sulfone groups is 1. The number of benzene rings is 1. The van der Waals surface area contributed by atoms with Crippen LogP contribution >= 0.6 is 0 Å². The molecule has 0 aliphatic carbocycles. The summed E-state index contributed by atoms with van der Waals surface area (Å²) in [6, 6.07) is 5.45. The molecule has 1 aliphatic heterocycles. The molecule has 0 spiro atoms. The molecule has 1 N–H and O–H groups in total. The van der Waals surface area contributed by atoms with Crippen LogP contribution in [0, 0.1) is 0 Å². The Hall–Kier alpha value is -2.42. The molecule has 2 rings (SSSR count). The van der Waals surface area contributed by atoms with Crippen molar-refractivity contribution < 1.29 is 22.8 Å². The molecular formula is C17H23N3O5S. The quantitative estimate of drug-likeness (QED) is 0.753. The highest BCUT2D eigenvalue weighted by molar-refractivity contribution is 7.90. The van der Waals surface area contributed by atoms with Crippen LogP contribution in [-0.2, 0) is 30.6 Å². The zero-order valence-electron chi connectivity index (χ0n) is 15.1. The zero-order valence-corrected chi connectivity index (χ0v) is 15.9. The fraction of sp³-hybridized carbons (Fsp3) is 0.471. The Kier molecular flexibility index (Phi) is 6.01. The first-order valence-corrected chi connectivity index (χ1v) is 10.1. The van der Waals surface area contributed by atoms with Gasteiger partial charge in [-0.15, -0.1) is 0 Å². The van der Waals surface area contributed by atoms with Crippen LogP contribution in [0.3, 0.4) is 0 Å².